The quantitative estimate of drug-likeness (QED) is 0.436. The van der Waals surface area contributed by atoms with E-state index in [-0.39, 0.29) is 34.2 Å². The molecule has 3 rings (SSSR count). The van der Waals surface area contributed by atoms with Gasteiger partial charge in [0.2, 0.25) is 16.0 Å². The van der Waals surface area contributed by atoms with Gasteiger partial charge in [-0.1, -0.05) is 12.1 Å². The Morgan fingerprint density at radius 2 is 2.00 bits per heavy atom. The van der Waals surface area contributed by atoms with E-state index in [2.05, 4.69) is 20.6 Å². The highest BCUT2D eigenvalue weighted by Crippen LogP contribution is 2.36. The van der Waals surface area contributed by atoms with Crippen molar-refractivity contribution in [3.8, 4) is 6.07 Å². The minimum Gasteiger partial charge on any atom is -0.338 e. The molecule has 0 saturated heterocycles. The molecule has 1 aromatic carbocycles. The van der Waals surface area contributed by atoms with Crippen LogP contribution in [0.4, 0.5) is 35.0 Å². The molecule has 172 valence electrons. The average molecular weight is 480 g/mol. The summed E-state index contributed by atoms with van der Waals surface area (Å²) in [6.45, 7) is 1.55. The number of nitrogens with one attached hydrogen (secondary N) is 2. The highest BCUT2D eigenvalue weighted by Gasteiger charge is 2.37. The molecule has 2 aromatic rings. The van der Waals surface area contributed by atoms with Crippen molar-refractivity contribution in [2.75, 3.05) is 10.6 Å². The minimum atomic E-state index is -4.71. The van der Waals surface area contributed by atoms with E-state index >= 15 is 0 Å². The maximum absolute atomic E-state index is 14.2. The minimum absolute atomic E-state index is 0.0761. The van der Waals surface area contributed by atoms with Gasteiger partial charge >= 0.3 is 6.18 Å². The Labute approximate surface area is 186 Å². The van der Waals surface area contributed by atoms with Crippen molar-refractivity contribution in [2.24, 2.45) is 5.14 Å². The van der Waals surface area contributed by atoms with Crippen LogP contribution in [0.3, 0.4) is 0 Å². The average Bonchev–Trinajstić information content (AvgIpc) is 2.71. The van der Waals surface area contributed by atoms with Gasteiger partial charge in [-0.3, -0.25) is 0 Å². The van der Waals surface area contributed by atoms with E-state index in [0.29, 0.717) is 5.56 Å². The number of benzene rings is 1. The molecule has 33 heavy (non-hydrogen) atoms. The summed E-state index contributed by atoms with van der Waals surface area (Å²) in [5.74, 6) is -1.50. The maximum Gasteiger partial charge on any atom is 0.416 e. The van der Waals surface area contributed by atoms with Gasteiger partial charge in [0.05, 0.1) is 22.7 Å². The number of nitriles is 1. The Bertz CT molecular complexity index is 1340. The number of primary sulfonamides is 1. The molecule has 1 aliphatic rings. The zero-order chi connectivity index (χ0) is 24.4. The van der Waals surface area contributed by atoms with Crippen LogP contribution in [-0.4, -0.2) is 24.6 Å². The SMILES string of the molecule is Cc1ccc(Nc2ncc(F)c(NC3=CCC(=CC#N)C(C(F)(F)F)=C3)n2)cc1S(N)(=O)=O. The van der Waals surface area contributed by atoms with E-state index < -0.39 is 33.4 Å². The number of hydrogen-bond acceptors (Lipinski definition) is 7. The molecule has 1 aliphatic carbocycles. The summed E-state index contributed by atoms with van der Waals surface area (Å²) in [5, 5.41) is 19.0. The van der Waals surface area contributed by atoms with Gasteiger partial charge in [0.25, 0.3) is 0 Å². The number of hydrogen-bond donors (Lipinski definition) is 3. The number of aryl methyl sites for hydroxylation is 1. The van der Waals surface area contributed by atoms with Gasteiger partial charge in [-0.15, -0.1) is 0 Å². The standard InChI is InChI=1S/C20H16F4N6O2S/c1-11-2-4-14(9-17(11)33(26,31)32)29-19-27-10-16(21)18(30-19)28-13-5-3-12(6-7-25)15(8-13)20(22,23)24/h2,4-6,8-10H,3H2,1H3,(H2,26,31,32)(H2,27,28,29,30). The highest BCUT2D eigenvalue weighted by molar-refractivity contribution is 7.89. The Morgan fingerprint density at radius 3 is 2.64 bits per heavy atom. The first-order valence-electron chi connectivity index (χ1n) is 9.16. The zero-order valence-corrected chi connectivity index (χ0v) is 17.7. The van der Waals surface area contributed by atoms with Gasteiger partial charge in [-0.2, -0.15) is 23.4 Å². The van der Waals surface area contributed by atoms with Gasteiger partial charge in [-0.05, 0) is 42.7 Å². The second kappa shape index (κ2) is 9.00. The van der Waals surface area contributed by atoms with Crippen LogP contribution in [0.25, 0.3) is 0 Å². The van der Waals surface area contributed by atoms with E-state index in [1.807, 2.05) is 0 Å². The molecule has 0 aliphatic heterocycles. The van der Waals surface area contributed by atoms with Crippen LogP contribution in [-0.2, 0) is 10.0 Å². The monoisotopic (exact) mass is 480 g/mol. The Balaban J connectivity index is 1.89. The molecule has 1 heterocycles. The lowest BCUT2D eigenvalue weighted by Gasteiger charge is -2.20. The third kappa shape index (κ3) is 5.73. The van der Waals surface area contributed by atoms with E-state index in [1.165, 1.54) is 24.3 Å². The molecule has 0 spiro atoms. The molecular weight excluding hydrogens is 464 g/mol. The van der Waals surface area contributed by atoms with Gasteiger partial charge < -0.3 is 10.6 Å². The molecule has 0 atom stereocenters. The third-order valence-corrected chi connectivity index (χ3v) is 5.54. The zero-order valence-electron chi connectivity index (χ0n) is 16.9. The van der Waals surface area contributed by atoms with Crippen molar-refractivity contribution in [1.82, 2.24) is 9.97 Å². The number of alkyl halides is 3. The molecular formula is C20H16F4N6O2S. The molecule has 0 unspecified atom stereocenters. The fraction of sp³-hybridized carbons (Fsp3) is 0.150. The second-order valence-corrected chi connectivity index (χ2v) is 8.41. The predicted molar refractivity (Wildman–Crippen MR) is 112 cm³/mol. The summed E-state index contributed by atoms with van der Waals surface area (Å²) in [6, 6.07) is 5.84. The summed E-state index contributed by atoms with van der Waals surface area (Å²) < 4.78 is 77.6. The highest BCUT2D eigenvalue weighted by atomic mass is 32.2. The van der Waals surface area contributed by atoms with E-state index in [1.54, 1.807) is 13.0 Å². The fourth-order valence-electron chi connectivity index (χ4n) is 2.97. The first-order chi connectivity index (χ1) is 15.4. The summed E-state index contributed by atoms with van der Waals surface area (Å²) in [7, 11) is -3.99. The molecule has 0 fully saturated rings. The van der Waals surface area contributed by atoms with Crippen LogP contribution in [0.2, 0.25) is 0 Å². The summed E-state index contributed by atoms with van der Waals surface area (Å²) in [4.78, 5) is 7.53. The van der Waals surface area contributed by atoms with Crippen molar-refractivity contribution in [3.05, 3.63) is 70.8 Å². The number of allylic oxidation sites excluding steroid dienone is 5. The lowest BCUT2D eigenvalue weighted by Crippen LogP contribution is -2.18. The number of sulfonamides is 1. The van der Waals surface area contributed by atoms with E-state index in [9.17, 15) is 26.0 Å². The van der Waals surface area contributed by atoms with Crippen molar-refractivity contribution < 1.29 is 26.0 Å². The lowest BCUT2D eigenvalue weighted by molar-refractivity contribution is -0.0896. The number of nitrogens with two attached hydrogens (primary N) is 1. The Hall–Kier alpha value is -3.76. The Kier molecular flexibility index (Phi) is 6.52. The fourth-order valence-corrected chi connectivity index (χ4v) is 3.78. The first-order valence-corrected chi connectivity index (χ1v) is 10.7. The van der Waals surface area contributed by atoms with Gasteiger partial charge in [0, 0.05) is 17.5 Å². The normalized spacial score (nSPS) is 15.5. The van der Waals surface area contributed by atoms with Gasteiger partial charge in [0.15, 0.2) is 11.6 Å². The van der Waals surface area contributed by atoms with Crippen molar-refractivity contribution in [1.29, 1.82) is 5.26 Å². The van der Waals surface area contributed by atoms with Crippen LogP contribution in [0.5, 0.6) is 0 Å². The van der Waals surface area contributed by atoms with Gasteiger partial charge in [0.1, 0.15) is 0 Å². The summed E-state index contributed by atoms with van der Waals surface area (Å²) >= 11 is 0. The molecule has 13 heteroatoms. The number of anilines is 3. The van der Waals surface area contributed by atoms with E-state index in [4.69, 9.17) is 10.4 Å². The largest absolute Gasteiger partial charge is 0.416 e. The molecule has 0 saturated carbocycles. The molecule has 8 nitrogen and oxygen atoms in total. The Morgan fingerprint density at radius 1 is 1.27 bits per heavy atom. The molecule has 0 bridgehead atoms. The van der Waals surface area contributed by atoms with Gasteiger partial charge in [-0.25, -0.2) is 22.9 Å². The van der Waals surface area contributed by atoms with Crippen LogP contribution < -0.4 is 15.8 Å². The number of halogens is 4. The van der Waals surface area contributed by atoms with Crippen molar-refractivity contribution >= 4 is 27.5 Å². The number of nitrogens with zero attached hydrogens (tertiary/aromatic N) is 3. The molecule has 1 aromatic heterocycles. The van der Waals surface area contributed by atoms with Crippen LogP contribution >= 0.6 is 0 Å². The number of rotatable bonds is 5. The van der Waals surface area contributed by atoms with Crippen LogP contribution in [0.1, 0.15) is 12.0 Å². The second-order valence-electron chi connectivity index (χ2n) is 6.88. The predicted octanol–water partition coefficient (Wildman–Crippen LogP) is 3.95. The van der Waals surface area contributed by atoms with Crippen molar-refractivity contribution in [2.45, 2.75) is 24.4 Å². The smallest absolute Gasteiger partial charge is 0.338 e. The summed E-state index contributed by atoms with van der Waals surface area (Å²) in [6.07, 6.45) is -1.21. The lowest BCUT2D eigenvalue weighted by atomic mass is 9.96. The number of aromatic nitrogens is 2. The molecule has 4 N–H and O–H groups in total. The topological polar surface area (TPSA) is 134 Å². The maximum atomic E-state index is 14.2. The third-order valence-electron chi connectivity index (χ3n) is 4.49. The molecule has 0 radical (unpaired) electrons. The first kappa shape index (κ1) is 23.9. The van der Waals surface area contributed by atoms with Crippen LogP contribution in [0, 0.1) is 24.1 Å². The molecule has 0 amide bonds. The summed E-state index contributed by atoms with van der Waals surface area (Å²) in [5.41, 5.74) is -0.674. The van der Waals surface area contributed by atoms with Crippen LogP contribution in [0.15, 0.2) is 64.4 Å². The van der Waals surface area contributed by atoms with Crippen molar-refractivity contribution in [3.63, 3.8) is 0 Å². The van der Waals surface area contributed by atoms with E-state index in [0.717, 1.165) is 18.3 Å².